The fraction of sp³-hybridized carbons (Fsp3) is 0.538. The maximum atomic E-state index is 12.1. The second-order valence-electron chi connectivity index (χ2n) is 4.70. The van der Waals surface area contributed by atoms with E-state index in [1.165, 1.54) is 25.5 Å². The molecule has 3 nitrogen and oxygen atoms in total. The average Bonchev–Trinajstić information content (AvgIpc) is 2.32. The Morgan fingerprint density at radius 2 is 2.24 bits per heavy atom. The number of carbonyl (C=O) groups excluding carboxylic acids is 1. The van der Waals surface area contributed by atoms with Crippen LogP contribution in [0.4, 0.5) is 0 Å². The molecule has 2 atom stereocenters. The summed E-state index contributed by atoms with van der Waals surface area (Å²) in [6.07, 6.45) is 7.80. The van der Waals surface area contributed by atoms with E-state index in [0.717, 1.165) is 6.42 Å². The van der Waals surface area contributed by atoms with Gasteiger partial charge in [-0.1, -0.05) is 31.4 Å². The van der Waals surface area contributed by atoms with Crippen LogP contribution in [-0.4, -0.2) is 16.9 Å². The van der Waals surface area contributed by atoms with Gasteiger partial charge in [-0.3, -0.25) is 9.78 Å². The third-order valence-corrected chi connectivity index (χ3v) is 3.75. The summed E-state index contributed by atoms with van der Waals surface area (Å²) < 4.78 is 0. The minimum absolute atomic E-state index is 0.0869. The van der Waals surface area contributed by atoms with Gasteiger partial charge < -0.3 is 5.32 Å². The van der Waals surface area contributed by atoms with Crippen molar-refractivity contribution in [2.75, 3.05) is 0 Å². The summed E-state index contributed by atoms with van der Waals surface area (Å²) >= 11 is 5.95. The van der Waals surface area contributed by atoms with E-state index in [1.54, 1.807) is 12.3 Å². The lowest BCUT2D eigenvalue weighted by Crippen LogP contribution is -2.41. The molecule has 1 aromatic heterocycles. The average molecular weight is 253 g/mol. The third kappa shape index (κ3) is 2.97. The van der Waals surface area contributed by atoms with E-state index in [2.05, 4.69) is 17.2 Å². The van der Waals surface area contributed by atoms with Crippen molar-refractivity contribution in [3.05, 3.63) is 29.0 Å². The molecule has 0 spiro atoms. The Balaban J connectivity index is 2.04. The van der Waals surface area contributed by atoms with Crippen molar-refractivity contribution in [2.24, 2.45) is 5.92 Å². The Morgan fingerprint density at radius 1 is 1.47 bits per heavy atom. The lowest BCUT2D eigenvalue weighted by Gasteiger charge is -2.29. The molecule has 1 N–H and O–H groups in total. The fourth-order valence-electron chi connectivity index (χ4n) is 2.34. The lowest BCUT2D eigenvalue weighted by molar-refractivity contribution is 0.0910. The molecular formula is C13H17ClN2O. The van der Waals surface area contributed by atoms with Crippen LogP contribution in [0.2, 0.25) is 5.02 Å². The zero-order valence-electron chi connectivity index (χ0n) is 9.95. The number of hydrogen-bond acceptors (Lipinski definition) is 2. The molecule has 2 unspecified atom stereocenters. The summed E-state index contributed by atoms with van der Waals surface area (Å²) in [7, 11) is 0. The fourth-order valence-corrected chi connectivity index (χ4v) is 2.54. The van der Waals surface area contributed by atoms with Crippen molar-refractivity contribution in [1.29, 1.82) is 0 Å². The van der Waals surface area contributed by atoms with Gasteiger partial charge in [0.05, 0.1) is 10.6 Å². The molecule has 1 heterocycles. The Labute approximate surface area is 107 Å². The van der Waals surface area contributed by atoms with E-state index in [-0.39, 0.29) is 11.9 Å². The number of aromatic nitrogens is 1. The van der Waals surface area contributed by atoms with Crippen LogP contribution < -0.4 is 5.32 Å². The predicted octanol–water partition coefficient (Wildman–Crippen LogP) is 3.04. The number of nitrogens with one attached hydrogen (secondary N) is 1. The standard InChI is InChI=1S/C13H17ClN2O/c1-9-4-2-3-5-12(9)16-13(17)10-6-7-15-8-11(10)14/h6-9,12H,2-5H2,1H3,(H,16,17). The van der Waals surface area contributed by atoms with Crippen LogP contribution in [0, 0.1) is 5.92 Å². The molecule has 0 saturated heterocycles. The smallest absolute Gasteiger partial charge is 0.253 e. The topological polar surface area (TPSA) is 42.0 Å². The van der Waals surface area contributed by atoms with Gasteiger partial charge in [-0.25, -0.2) is 0 Å². The molecule has 0 aliphatic heterocycles. The van der Waals surface area contributed by atoms with Crippen LogP contribution in [0.5, 0.6) is 0 Å². The lowest BCUT2D eigenvalue weighted by atomic mass is 9.86. The zero-order valence-corrected chi connectivity index (χ0v) is 10.7. The molecule has 92 valence electrons. The highest BCUT2D eigenvalue weighted by Crippen LogP contribution is 2.24. The number of rotatable bonds is 2. The van der Waals surface area contributed by atoms with Gasteiger partial charge in [0.25, 0.3) is 5.91 Å². The molecule has 4 heteroatoms. The number of pyridine rings is 1. The number of halogens is 1. The second kappa shape index (κ2) is 5.50. The normalized spacial score (nSPS) is 24.4. The van der Waals surface area contributed by atoms with Crippen LogP contribution >= 0.6 is 11.6 Å². The van der Waals surface area contributed by atoms with E-state index in [1.807, 2.05) is 0 Å². The van der Waals surface area contributed by atoms with E-state index in [9.17, 15) is 4.79 Å². The molecular weight excluding hydrogens is 236 g/mol. The van der Waals surface area contributed by atoms with Gasteiger partial charge in [0.2, 0.25) is 0 Å². The first-order valence-corrected chi connectivity index (χ1v) is 6.46. The van der Waals surface area contributed by atoms with E-state index in [4.69, 9.17) is 11.6 Å². The van der Waals surface area contributed by atoms with Crippen LogP contribution in [0.15, 0.2) is 18.5 Å². The van der Waals surface area contributed by atoms with Gasteiger partial charge >= 0.3 is 0 Å². The van der Waals surface area contributed by atoms with Crippen molar-refractivity contribution >= 4 is 17.5 Å². The van der Waals surface area contributed by atoms with Crippen molar-refractivity contribution < 1.29 is 4.79 Å². The van der Waals surface area contributed by atoms with Gasteiger partial charge in [0, 0.05) is 18.4 Å². The molecule has 0 bridgehead atoms. The van der Waals surface area contributed by atoms with E-state index >= 15 is 0 Å². The number of amides is 1. The maximum Gasteiger partial charge on any atom is 0.253 e. The molecule has 1 aliphatic carbocycles. The van der Waals surface area contributed by atoms with Crippen molar-refractivity contribution in [3.8, 4) is 0 Å². The minimum atomic E-state index is -0.0869. The maximum absolute atomic E-state index is 12.1. The minimum Gasteiger partial charge on any atom is -0.349 e. The summed E-state index contributed by atoms with van der Waals surface area (Å²) in [6.45, 7) is 2.19. The molecule has 1 saturated carbocycles. The summed E-state index contributed by atoms with van der Waals surface area (Å²) in [4.78, 5) is 15.9. The number of carbonyl (C=O) groups is 1. The summed E-state index contributed by atoms with van der Waals surface area (Å²) in [5.74, 6) is 0.462. The van der Waals surface area contributed by atoms with Gasteiger partial charge in [0.15, 0.2) is 0 Å². The quantitative estimate of drug-likeness (QED) is 0.879. The van der Waals surface area contributed by atoms with Crippen LogP contribution in [0.3, 0.4) is 0 Å². The Kier molecular flexibility index (Phi) is 4.00. The zero-order chi connectivity index (χ0) is 12.3. The van der Waals surface area contributed by atoms with Gasteiger partial charge in [-0.2, -0.15) is 0 Å². The molecule has 1 aliphatic rings. The molecule has 1 aromatic rings. The summed E-state index contributed by atoms with van der Waals surface area (Å²) in [6, 6.07) is 1.94. The summed E-state index contributed by atoms with van der Waals surface area (Å²) in [5.41, 5.74) is 0.513. The highest BCUT2D eigenvalue weighted by Gasteiger charge is 2.23. The Morgan fingerprint density at radius 3 is 2.94 bits per heavy atom. The Hall–Kier alpha value is -1.09. The molecule has 17 heavy (non-hydrogen) atoms. The highest BCUT2D eigenvalue weighted by molar-refractivity contribution is 6.33. The number of nitrogens with zero attached hydrogens (tertiary/aromatic N) is 1. The first kappa shape index (κ1) is 12.4. The van der Waals surface area contributed by atoms with Crippen LogP contribution in [0.1, 0.15) is 43.0 Å². The van der Waals surface area contributed by atoms with Crippen molar-refractivity contribution in [3.63, 3.8) is 0 Å². The van der Waals surface area contributed by atoms with Crippen molar-refractivity contribution in [2.45, 2.75) is 38.6 Å². The molecule has 1 fully saturated rings. The van der Waals surface area contributed by atoms with Crippen LogP contribution in [-0.2, 0) is 0 Å². The van der Waals surface area contributed by atoms with Gasteiger partial charge in [-0.05, 0) is 24.8 Å². The SMILES string of the molecule is CC1CCCCC1NC(=O)c1ccncc1Cl. The van der Waals surface area contributed by atoms with Gasteiger partial charge in [0.1, 0.15) is 0 Å². The molecule has 0 radical (unpaired) electrons. The van der Waals surface area contributed by atoms with Gasteiger partial charge in [-0.15, -0.1) is 0 Å². The van der Waals surface area contributed by atoms with E-state index in [0.29, 0.717) is 16.5 Å². The first-order chi connectivity index (χ1) is 8.18. The van der Waals surface area contributed by atoms with E-state index < -0.39 is 0 Å². The van der Waals surface area contributed by atoms with Crippen LogP contribution in [0.25, 0.3) is 0 Å². The largest absolute Gasteiger partial charge is 0.349 e. The second-order valence-corrected chi connectivity index (χ2v) is 5.10. The predicted molar refractivity (Wildman–Crippen MR) is 68.1 cm³/mol. The molecule has 1 amide bonds. The summed E-state index contributed by atoms with van der Waals surface area (Å²) in [5, 5.41) is 3.49. The Bertz CT molecular complexity index is 408. The monoisotopic (exact) mass is 252 g/mol. The highest BCUT2D eigenvalue weighted by atomic mass is 35.5. The van der Waals surface area contributed by atoms with Crippen molar-refractivity contribution in [1.82, 2.24) is 10.3 Å². The third-order valence-electron chi connectivity index (χ3n) is 3.45. The molecule has 0 aromatic carbocycles. The molecule has 2 rings (SSSR count). The number of hydrogen-bond donors (Lipinski definition) is 1. The first-order valence-electron chi connectivity index (χ1n) is 6.09.